The molecule has 2 unspecified atom stereocenters. The van der Waals surface area contributed by atoms with E-state index in [9.17, 15) is 4.79 Å². The Bertz CT molecular complexity index is 173. The lowest BCUT2D eigenvalue weighted by Crippen LogP contribution is -2.08. The molecule has 0 aliphatic carbocycles. The minimum Gasteiger partial charge on any atom is -0.469 e. The van der Waals surface area contributed by atoms with E-state index in [-0.39, 0.29) is 5.97 Å². The van der Waals surface area contributed by atoms with Crippen molar-refractivity contribution >= 4 is 5.97 Å². The highest BCUT2D eigenvalue weighted by molar-refractivity contribution is 5.69. The molecule has 0 saturated carbocycles. The van der Waals surface area contributed by atoms with Gasteiger partial charge in [0.15, 0.2) is 0 Å². The van der Waals surface area contributed by atoms with Crippen LogP contribution in [0.4, 0.5) is 0 Å². The van der Waals surface area contributed by atoms with Gasteiger partial charge in [0.1, 0.15) is 0 Å². The van der Waals surface area contributed by atoms with Crippen molar-refractivity contribution in [3.8, 4) is 0 Å². The smallest absolute Gasteiger partial charge is 0.305 e. The molecule has 1 rings (SSSR count). The molecule has 0 amide bonds. The molecular formula is C9H18N2O2. The van der Waals surface area contributed by atoms with Gasteiger partial charge in [-0.1, -0.05) is 13.3 Å². The summed E-state index contributed by atoms with van der Waals surface area (Å²) in [7, 11) is 1.43. The Morgan fingerprint density at radius 3 is 3.00 bits per heavy atom. The first-order valence-corrected chi connectivity index (χ1v) is 4.87. The standard InChI is InChI=1S/C9H18N2O2/c1-3-5-8-10-11(8)7-4-6-9(12)13-2/h8,10H,3-7H2,1-2H3. The quantitative estimate of drug-likeness (QED) is 0.494. The molecule has 4 nitrogen and oxygen atoms in total. The number of hydrogen-bond acceptors (Lipinski definition) is 4. The van der Waals surface area contributed by atoms with E-state index in [1.807, 2.05) is 0 Å². The van der Waals surface area contributed by atoms with Crippen LogP contribution in [0.25, 0.3) is 0 Å². The van der Waals surface area contributed by atoms with Crippen molar-refractivity contribution in [2.75, 3.05) is 13.7 Å². The summed E-state index contributed by atoms with van der Waals surface area (Å²) < 4.78 is 4.55. The first-order chi connectivity index (χ1) is 6.27. The first kappa shape index (κ1) is 10.5. The number of rotatable bonds is 6. The predicted octanol–water partition coefficient (Wildman–Crippen LogP) is 0.886. The number of hydrazine groups is 1. The molecule has 1 heterocycles. The van der Waals surface area contributed by atoms with Crippen molar-refractivity contribution in [2.24, 2.45) is 0 Å². The van der Waals surface area contributed by atoms with Crippen LogP contribution in [0.15, 0.2) is 0 Å². The molecule has 0 bridgehead atoms. The molecule has 0 aromatic rings. The van der Waals surface area contributed by atoms with Crippen molar-refractivity contribution < 1.29 is 9.53 Å². The van der Waals surface area contributed by atoms with Gasteiger partial charge in [-0.25, -0.2) is 10.4 Å². The number of hydrogen-bond donors (Lipinski definition) is 1. The number of carbonyl (C=O) groups is 1. The van der Waals surface area contributed by atoms with Crippen LogP contribution in [0.3, 0.4) is 0 Å². The first-order valence-electron chi connectivity index (χ1n) is 4.87. The molecular weight excluding hydrogens is 168 g/mol. The fourth-order valence-electron chi connectivity index (χ4n) is 1.37. The van der Waals surface area contributed by atoms with E-state index in [4.69, 9.17) is 0 Å². The fraction of sp³-hybridized carbons (Fsp3) is 0.889. The third-order valence-corrected chi connectivity index (χ3v) is 2.19. The fourth-order valence-corrected chi connectivity index (χ4v) is 1.37. The summed E-state index contributed by atoms with van der Waals surface area (Å²) in [6.45, 7) is 3.12. The number of carbonyl (C=O) groups excluding carboxylic acids is 1. The average Bonchev–Trinajstić information content (AvgIpc) is 2.84. The molecule has 1 saturated heterocycles. The van der Waals surface area contributed by atoms with Crippen molar-refractivity contribution in [3.63, 3.8) is 0 Å². The van der Waals surface area contributed by atoms with Crippen LogP contribution >= 0.6 is 0 Å². The van der Waals surface area contributed by atoms with Gasteiger partial charge in [0.05, 0.1) is 13.3 Å². The topological polar surface area (TPSA) is 51.2 Å². The Morgan fingerprint density at radius 2 is 2.38 bits per heavy atom. The predicted molar refractivity (Wildman–Crippen MR) is 49.8 cm³/mol. The average molecular weight is 186 g/mol. The molecule has 1 fully saturated rings. The van der Waals surface area contributed by atoms with Crippen molar-refractivity contribution in [2.45, 2.75) is 38.8 Å². The summed E-state index contributed by atoms with van der Waals surface area (Å²) in [4.78, 5) is 10.8. The summed E-state index contributed by atoms with van der Waals surface area (Å²) in [5, 5.41) is 2.17. The monoisotopic (exact) mass is 186 g/mol. The summed E-state index contributed by atoms with van der Waals surface area (Å²) in [6.07, 6.45) is 4.35. The highest BCUT2D eigenvalue weighted by Gasteiger charge is 2.30. The number of ether oxygens (including phenoxy) is 1. The van der Waals surface area contributed by atoms with E-state index < -0.39 is 0 Å². The Morgan fingerprint density at radius 1 is 1.62 bits per heavy atom. The number of nitrogens with zero attached hydrogens (tertiary/aromatic N) is 1. The van der Waals surface area contributed by atoms with E-state index in [2.05, 4.69) is 22.1 Å². The Kier molecular flexibility index (Phi) is 4.18. The Labute approximate surface area is 79.2 Å². The SMILES string of the molecule is CCCC1NN1CCCC(=O)OC. The highest BCUT2D eigenvalue weighted by Crippen LogP contribution is 2.15. The van der Waals surface area contributed by atoms with Gasteiger partial charge >= 0.3 is 5.97 Å². The van der Waals surface area contributed by atoms with E-state index in [1.165, 1.54) is 20.0 Å². The van der Waals surface area contributed by atoms with Crippen LogP contribution in [0.2, 0.25) is 0 Å². The van der Waals surface area contributed by atoms with Crippen molar-refractivity contribution in [1.29, 1.82) is 0 Å². The van der Waals surface area contributed by atoms with Crippen LogP contribution < -0.4 is 5.43 Å². The number of methoxy groups -OCH3 is 1. The zero-order valence-corrected chi connectivity index (χ0v) is 8.38. The van der Waals surface area contributed by atoms with Gasteiger partial charge < -0.3 is 4.74 Å². The maximum atomic E-state index is 10.8. The van der Waals surface area contributed by atoms with Crippen molar-refractivity contribution in [1.82, 2.24) is 10.4 Å². The Balaban J connectivity index is 1.94. The van der Waals surface area contributed by atoms with Crippen LogP contribution in [-0.4, -0.2) is 30.8 Å². The number of esters is 1. The molecule has 0 aromatic carbocycles. The minimum atomic E-state index is -0.117. The zero-order valence-electron chi connectivity index (χ0n) is 8.38. The second-order valence-electron chi connectivity index (χ2n) is 3.31. The molecule has 0 radical (unpaired) electrons. The minimum absolute atomic E-state index is 0.117. The molecule has 2 atom stereocenters. The molecule has 13 heavy (non-hydrogen) atoms. The molecule has 0 spiro atoms. The van der Waals surface area contributed by atoms with Crippen LogP contribution in [-0.2, 0) is 9.53 Å². The summed E-state index contributed by atoms with van der Waals surface area (Å²) in [5.74, 6) is -0.117. The molecule has 76 valence electrons. The number of nitrogens with one attached hydrogen (secondary N) is 1. The summed E-state index contributed by atoms with van der Waals surface area (Å²) >= 11 is 0. The van der Waals surface area contributed by atoms with Gasteiger partial charge in [-0.3, -0.25) is 4.79 Å². The van der Waals surface area contributed by atoms with Crippen LogP contribution in [0, 0.1) is 0 Å². The maximum absolute atomic E-state index is 10.8. The lowest BCUT2D eigenvalue weighted by Gasteiger charge is -1.99. The third-order valence-electron chi connectivity index (χ3n) is 2.19. The zero-order chi connectivity index (χ0) is 9.68. The van der Waals surface area contributed by atoms with E-state index >= 15 is 0 Å². The Hall–Kier alpha value is -0.610. The van der Waals surface area contributed by atoms with Crippen molar-refractivity contribution in [3.05, 3.63) is 0 Å². The summed E-state index contributed by atoms with van der Waals surface area (Å²) in [6, 6.07) is 0. The normalized spacial score (nSPS) is 25.7. The highest BCUT2D eigenvalue weighted by atomic mass is 16.5. The molecule has 0 aromatic heterocycles. The molecule has 1 aliphatic heterocycles. The van der Waals surface area contributed by atoms with Gasteiger partial charge in [0, 0.05) is 13.0 Å². The lowest BCUT2D eigenvalue weighted by atomic mass is 10.3. The largest absolute Gasteiger partial charge is 0.469 e. The van der Waals surface area contributed by atoms with E-state index in [0.717, 1.165) is 13.0 Å². The molecule has 1 N–H and O–H groups in total. The van der Waals surface area contributed by atoms with Gasteiger partial charge in [-0.05, 0) is 12.8 Å². The van der Waals surface area contributed by atoms with Gasteiger partial charge in [-0.15, -0.1) is 0 Å². The van der Waals surface area contributed by atoms with Crippen LogP contribution in [0.5, 0.6) is 0 Å². The molecule has 4 heteroatoms. The van der Waals surface area contributed by atoms with E-state index in [1.54, 1.807) is 0 Å². The maximum Gasteiger partial charge on any atom is 0.305 e. The van der Waals surface area contributed by atoms with E-state index in [0.29, 0.717) is 12.6 Å². The van der Waals surface area contributed by atoms with Gasteiger partial charge in [-0.2, -0.15) is 0 Å². The van der Waals surface area contributed by atoms with Gasteiger partial charge in [0.2, 0.25) is 0 Å². The second kappa shape index (κ2) is 5.19. The summed E-state index contributed by atoms with van der Waals surface area (Å²) in [5.41, 5.74) is 3.24. The third kappa shape index (κ3) is 3.74. The molecule has 1 aliphatic rings. The van der Waals surface area contributed by atoms with Crippen LogP contribution in [0.1, 0.15) is 32.6 Å². The lowest BCUT2D eigenvalue weighted by molar-refractivity contribution is -0.140. The van der Waals surface area contributed by atoms with Gasteiger partial charge in [0.25, 0.3) is 0 Å². The second-order valence-corrected chi connectivity index (χ2v) is 3.31.